The number of aromatic amines is 1. The summed E-state index contributed by atoms with van der Waals surface area (Å²) in [5.74, 6) is 0.444. The van der Waals surface area contributed by atoms with E-state index in [1.54, 1.807) is 0 Å². The summed E-state index contributed by atoms with van der Waals surface area (Å²) in [4.78, 5) is 29.2. The highest BCUT2D eigenvalue weighted by molar-refractivity contribution is 5.80. The number of aromatic nitrogens is 2. The van der Waals surface area contributed by atoms with Crippen LogP contribution in [0.1, 0.15) is 36.2 Å². The summed E-state index contributed by atoms with van der Waals surface area (Å²) in [6.45, 7) is 7.92. The molecule has 0 unspecified atom stereocenters. The van der Waals surface area contributed by atoms with Gasteiger partial charge in [-0.1, -0.05) is 0 Å². The van der Waals surface area contributed by atoms with Crippen LogP contribution in [0.3, 0.4) is 0 Å². The summed E-state index contributed by atoms with van der Waals surface area (Å²) in [5, 5.41) is 7.09. The van der Waals surface area contributed by atoms with Crippen LogP contribution in [0.5, 0.6) is 0 Å². The van der Waals surface area contributed by atoms with Gasteiger partial charge in [0.15, 0.2) is 0 Å². The van der Waals surface area contributed by atoms with E-state index in [-0.39, 0.29) is 17.7 Å². The van der Waals surface area contributed by atoms with E-state index in [0.717, 1.165) is 42.8 Å². The van der Waals surface area contributed by atoms with Gasteiger partial charge in [0.1, 0.15) is 0 Å². The van der Waals surface area contributed by atoms with Crippen molar-refractivity contribution in [1.29, 1.82) is 0 Å². The fraction of sp³-hybridized carbons (Fsp3) is 0.722. The Labute approximate surface area is 148 Å². The molecule has 138 valence electrons. The fourth-order valence-electron chi connectivity index (χ4n) is 3.69. The van der Waals surface area contributed by atoms with Gasteiger partial charge in [-0.15, -0.1) is 0 Å². The molecule has 0 bridgehead atoms. The van der Waals surface area contributed by atoms with Gasteiger partial charge in [0.25, 0.3) is 0 Å². The van der Waals surface area contributed by atoms with Crippen molar-refractivity contribution in [3.63, 3.8) is 0 Å². The van der Waals surface area contributed by atoms with Gasteiger partial charge in [-0.2, -0.15) is 5.10 Å². The lowest BCUT2D eigenvalue weighted by Gasteiger charge is -2.28. The van der Waals surface area contributed by atoms with Crippen LogP contribution < -0.4 is 0 Å². The molecule has 0 spiro atoms. The van der Waals surface area contributed by atoms with Gasteiger partial charge >= 0.3 is 0 Å². The van der Waals surface area contributed by atoms with Crippen molar-refractivity contribution in [2.75, 3.05) is 39.4 Å². The molecule has 7 heteroatoms. The molecule has 7 nitrogen and oxygen atoms in total. The fourth-order valence-corrected chi connectivity index (χ4v) is 3.69. The van der Waals surface area contributed by atoms with Gasteiger partial charge in [-0.05, 0) is 33.1 Å². The molecule has 2 fully saturated rings. The second-order valence-corrected chi connectivity index (χ2v) is 7.04. The van der Waals surface area contributed by atoms with Crippen molar-refractivity contribution in [3.8, 4) is 0 Å². The molecule has 2 saturated heterocycles. The second-order valence-electron chi connectivity index (χ2n) is 7.04. The number of amides is 2. The Balaban J connectivity index is 1.55. The molecule has 1 aromatic rings. The molecule has 0 aromatic carbocycles. The molecule has 25 heavy (non-hydrogen) atoms. The Morgan fingerprint density at radius 3 is 2.48 bits per heavy atom. The van der Waals surface area contributed by atoms with E-state index >= 15 is 0 Å². The molecule has 2 aliphatic heterocycles. The van der Waals surface area contributed by atoms with Gasteiger partial charge in [0.05, 0.1) is 12.1 Å². The monoisotopic (exact) mass is 348 g/mol. The number of H-pyrrole nitrogens is 1. The van der Waals surface area contributed by atoms with E-state index < -0.39 is 0 Å². The van der Waals surface area contributed by atoms with Crippen molar-refractivity contribution < 1.29 is 14.3 Å². The van der Waals surface area contributed by atoms with Crippen LogP contribution in [-0.4, -0.2) is 71.2 Å². The SMILES string of the molecule is Cc1n[nH]c(C)c1CC(=O)N1CCCN(C(=O)C2CCOCC2)CC1. The standard InChI is InChI=1S/C18H28N4O3/c1-13-16(14(2)20-19-13)12-17(23)21-6-3-7-22(9-8-21)18(24)15-4-10-25-11-5-15/h15H,3-12H2,1-2H3,(H,19,20). The zero-order valence-corrected chi connectivity index (χ0v) is 15.2. The van der Waals surface area contributed by atoms with Crippen LogP contribution in [-0.2, 0) is 20.7 Å². The van der Waals surface area contributed by atoms with Crippen molar-refractivity contribution in [1.82, 2.24) is 20.0 Å². The highest BCUT2D eigenvalue weighted by Crippen LogP contribution is 2.19. The van der Waals surface area contributed by atoms with Crippen molar-refractivity contribution in [2.45, 2.75) is 39.5 Å². The molecule has 1 N–H and O–H groups in total. The molecule has 2 amide bonds. The number of carbonyl (C=O) groups excluding carboxylic acids is 2. The van der Waals surface area contributed by atoms with Crippen LogP contribution in [0.15, 0.2) is 0 Å². The van der Waals surface area contributed by atoms with E-state index in [2.05, 4.69) is 10.2 Å². The van der Waals surface area contributed by atoms with Crippen LogP contribution in [0.2, 0.25) is 0 Å². The maximum atomic E-state index is 12.7. The normalized spacial score (nSPS) is 19.8. The van der Waals surface area contributed by atoms with Gasteiger partial charge < -0.3 is 14.5 Å². The molecular formula is C18H28N4O3. The van der Waals surface area contributed by atoms with Crippen LogP contribution in [0, 0.1) is 19.8 Å². The van der Waals surface area contributed by atoms with E-state index in [0.29, 0.717) is 39.3 Å². The Morgan fingerprint density at radius 1 is 1.12 bits per heavy atom. The number of ether oxygens (including phenoxy) is 1. The Hall–Kier alpha value is -1.89. The predicted molar refractivity (Wildman–Crippen MR) is 93.1 cm³/mol. The van der Waals surface area contributed by atoms with Crippen molar-refractivity contribution in [3.05, 3.63) is 17.0 Å². The first-order valence-electron chi connectivity index (χ1n) is 9.21. The summed E-state index contributed by atoms with van der Waals surface area (Å²) < 4.78 is 5.35. The number of nitrogens with zero attached hydrogens (tertiary/aromatic N) is 3. The van der Waals surface area contributed by atoms with Crippen LogP contribution in [0.25, 0.3) is 0 Å². The summed E-state index contributed by atoms with van der Waals surface area (Å²) >= 11 is 0. The third-order valence-electron chi connectivity index (χ3n) is 5.34. The topological polar surface area (TPSA) is 78.5 Å². The first-order chi connectivity index (χ1) is 12.1. The minimum atomic E-state index is 0.0900. The third kappa shape index (κ3) is 4.21. The first-order valence-corrected chi connectivity index (χ1v) is 9.21. The number of carbonyl (C=O) groups is 2. The summed E-state index contributed by atoms with van der Waals surface area (Å²) in [7, 11) is 0. The van der Waals surface area contributed by atoms with E-state index in [1.807, 2.05) is 23.6 Å². The molecular weight excluding hydrogens is 320 g/mol. The molecule has 0 atom stereocenters. The quantitative estimate of drug-likeness (QED) is 0.886. The van der Waals surface area contributed by atoms with Crippen molar-refractivity contribution in [2.24, 2.45) is 5.92 Å². The number of aryl methyl sites for hydroxylation is 2. The molecule has 3 rings (SSSR count). The Kier molecular flexibility index (Phi) is 5.73. The zero-order chi connectivity index (χ0) is 17.8. The summed E-state index contributed by atoms with van der Waals surface area (Å²) in [6.07, 6.45) is 2.85. The minimum absolute atomic E-state index is 0.0900. The lowest BCUT2D eigenvalue weighted by Crippen LogP contribution is -2.41. The molecule has 2 aliphatic rings. The zero-order valence-electron chi connectivity index (χ0n) is 15.2. The average molecular weight is 348 g/mol. The lowest BCUT2D eigenvalue weighted by atomic mass is 9.98. The molecule has 0 radical (unpaired) electrons. The number of hydrogen-bond acceptors (Lipinski definition) is 4. The van der Waals surface area contributed by atoms with E-state index in [9.17, 15) is 9.59 Å². The Bertz CT molecular complexity index is 602. The first kappa shape index (κ1) is 17.9. The second kappa shape index (κ2) is 7.99. The summed E-state index contributed by atoms with van der Waals surface area (Å²) in [6, 6.07) is 0. The summed E-state index contributed by atoms with van der Waals surface area (Å²) in [5.41, 5.74) is 2.83. The van der Waals surface area contributed by atoms with Gasteiger partial charge in [-0.25, -0.2) is 0 Å². The van der Waals surface area contributed by atoms with Gasteiger partial charge in [-0.3, -0.25) is 14.7 Å². The van der Waals surface area contributed by atoms with Gasteiger partial charge in [0, 0.05) is 56.6 Å². The third-order valence-corrected chi connectivity index (χ3v) is 5.34. The Morgan fingerprint density at radius 2 is 1.80 bits per heavy atom. The predicted octanol–water partition coefficient (Wildman–Crippen LogP) is 1.06. The molecule has 0 aliphatic carbocycles. The maximum Gasteiger partial charge on any atom is 0.227 e. The van der Waals surface area contributed by atoms with E-state index in [1.165, 1.54) is 0 Å². The van der Waals surface area contributed by atoms with E-state index in [4.69, 9.17) is 4.74 Å². The average Bonchev–Trinajstić information content (AvgIpc) is 2.84. The van der Waals surface area contributed by atoms with Crippen LogP contribution in [0.4, 0.5) is 0 Å². The highest BCUT2D eigenvalue weighted by Gasteiger charge is 2.28. The van der Waals surface area contributed by atoms with Crippen molar-refractivity contribution >= 4 is 11.8 Å². The lowest BCUT2D eigenvalue weighted by molar-refractivity contribution is -0.139. The minimum Gasteiger partial charge on any atom is -0.381 e. The van der Waals surface area contributed by atoms with Crippen LogP contribution >= 0.6 is 0 Å². The highest BCUT2D eigenvalue weighted by atomic mass is 16.5. The molecule has 3 heterocycles. The molecule has 1 aromatic heterocycles. The number of nitrogens with one attached hydrogen (secondary N) is 1. The maximum absolute atomic E-state index is 12.7. The largest absolute Gasteiger partial charge is 0.381 e. The number of hydrogen-bond donors (Lipinski definition) is 1. The smallest absolute Gasteiger partial charge is 0.227 e. The van der Waals surface area contributed by atoms with Gasteiger partial charge in [0.2, 0.25) is 11.8 Å². The number of rotatable bonds is 3. The molecule has 0 saturated carbocycles.